The second kappa shape index (κ2) is 18.9. The van der Waals surface area contributed by atoms with Crippen LogP contribution in [-0.4, -0.2) is 60.0 Å². The molecule has 0 bridgehead atoms. The van der Waals surface area contributed by atoms with E-state index in [-0.39, 0.29) is 45.9 Å². The van der Waals surface area contributed by atoms with Crippen molar-refractivity contribution in [1.82, 2.24) is 9.55 Å². The number of carbonyl (C=O) groups excluding carboxylic acids is 4. The van der Waals surface area contributed by atoms with Crippen molar-refractivity contribution < 1.29 is 38.1 Å². The van der Waals surface area contributed by atoms with E-state index in [0.29, 0.717) is 24.5 Å². The molecule has 0 aliphatic rings. The largest absolute Gasteiger partial charge is 0.497 e. The molecule has 0 aliphatic carbocycles. The van der Waals surface area contributed by atoms with E-state index in [1.807, 2.05) is 6.07 Å². The van der Waals surface area contributed by atoms with Gasteiger partial charge in [-0.3, -0.25) is 19.0 Å². The van der Waals surface area contributed by atoms with Crippen LogP contribution in [0.25, 0.3) is 0 Å². The highest BCUT2D eigenvalue weighted by Gasteiger charge is 2.35. The number of anilines is 2. The number of benzene rings is 3. The quantitative estimate of drug-likeness (QED) is 0.0370. The maximum Gasteiger partial charge on any atom is 0.356 e. The molecule has 0 saturated carbocycles. The fourth-order valence-corrected chi connectivity index (χ4v) is 6.06. The van der Waals surface area contributed by atoms with Gasteiger partial charge in [0.05, 0.1) is 32.6 Å². The lowest BCUT2D eigenvalue weighted by atomic mass is 9.76. The van der Waals surface area contributed by atoms with Gasteiger partial charge in [0.15, 0.2) is 11.8 Å². The van der Waals surface area contributed by atoms with Gasteiger partial charge >= 0.3 is 11.7 Å². The molecule has 0 saturated heterocycles. The van der Waals surface area contributed by atoms with Crippen LogP contribution in [0.2, 0.25) is 0 Å². The van der Waals surface area contributed by atoms with Gasteiger partial charge in [0.1, 0.15) is 22.9 Å². The molecule has 13 heteroatoms. The molecule has 1 atom stereocenters. The standard InChI is InChI=1S/C44H56N4O9/c1-11-43(5,6)29-17-21-35(32(24-29)44(7,8)12-2)56-23-13-14-37(49)46-30-18-22-36(55-10)33(25-30)47-40(51)38(39(50)28-15-19-31(54-9)20-16-28)48-34(26-45-42(48)53)41(52)57-27(3)4/h15-22,24-27,38H,11-14,23H2,1-10H3,(H,45,53)(H,46,49)(H,47,51)/t38-/m1/s1. The molecule has 306 valence electrons. The second-order valence-electron chi connectivity index (χ2n) is 15.4. The molecule has 13 nitrogen and oxygen atoms in total. The number of aromatic nitrogens is 2. The Kier molecular flexibility index (Phi) is 14.5. The Morgan fingerprint density at radius 1 is 0.825 bits per heavy atom. The number of imidazole rings is 1. The fourth-order valence-electron chi connectivity index (χ4n) is 6.06. The Hall–Kier alpha value is -5.85. The molecule has 0 aliphatic heterocycles. The Bertz CT molecular complexity index is 2110. The Labute approximate surface area is 334 Å². The van der Waals surface area contributed by atoms with E-state index < -0.39 is 35.5 Å². The van der Waals surface area contributed by atoms with E-state index in [9.17, 15) is 24.0 Å². The summed E-state index contributed by atoms with van der Waals surface area (Å²) in [5.41, 5.74) is 1.65. The first-order chi connectivity index (χ1) is 27.0. The van der Waals surface area contributed by atoms with Gasteiger partial charge in [-0.2, -0.15) is 0 Å². The molecular formula is C44H56N4O9. The molecule has 2 amide bonds. The molecule has 4 rings (SSSR count). The molecule has 0 radical (unpaired) electrons. The molecule has 0 fully saturated rings. The van der Waals surface area contributed by atoms with Gasteiger partial charge in [0.2, 0.25) is 5.91 Å². The molecule has 3 N–H and O–H groups in total. The van der Waals surface area contributed by atoms with Gasteiger partial charge in [-0.05, 0) is 98.0 Å². The van der Waals surface area contributed by atoms with E-state index >= 15 is 0 Å². The van der Waals surface area contributed by atoms with Crippen LogP contribution in [0.5, 0.6) is 17.2 Å². The van der Waals surface area contributed by atoms with Gasteiger partial charge in [0, 0.05) is 29.4 Å². The van der Waals surface area contributed by atoms with Crippen LogP contribution in [0, 0.1) is 0 Å². The lowest BCUT2D eigenvalue weighted by Crippen LogP contribution is -2.39. The van der Waals surface area contributed by atoms with Crippen LogP contribution >= 0.6 is 0 Å². The van der Waals surface area contributed by atoms with E-state index in [2.05, 4.69) is 69.3 Å². The van der Waals surface area contributed by atoms with Crippen LogP contribution in [0.4, 0.5) is 11.4 Å². The number of methoxy groups -OCH3 is 2. The van der Waals surface area contributed by atoms with Crippen molar-refractivity contribution in [2.24, 2.45) is 0 Å². The summed E-state index contributed by atoms with van der Waals surface area (Å²) < 4.78 is 23.0. The van der Waals surface area contributed by atoms with Gasteiger partial charge in [-0.25, -0.2) is 9.59 Å². The summed E-state index contributed by atoms with van der Waals surface area (Å²) in [6, 6.07) is 15.1. The van der Waals surface area contributed by atoms with Crippen molar-refractivity contribution in [2.45, 2.75) is 104 Å². The highest BCUT2D eigenvalue weighted by Crippen LogP contribution is 2.38. The normalized spacial score (nSPS) is 12.1. The molecular weight excluding hydrogens is 729 g/mol. The number of ether oxygens (including phenoxy) is 4. The molecule has 1 aromatic heterocycles. The predicted octanol–water partition coefficient (Wildman–Crippen LogP) is 7.99. The third kappa shape index (κ3) is 10.7. The molecule has 4 aromatic rings. The first-order valence-corrected chi connectivity index (χ1v) is 19.2. The average Bonchev–Trinajstić information content (AvgIpc) is 3.56. The average molecular weight is 785 g/mol. The number of esters is 1. The second-order valence-corrected chi connectivity index (χ2v) is 15.4. The molecule has 57 heavy (non-hydrogen) atoms. The third-order valence-corrected chi connectivity index (χ3v) is 10.3. The number of amides is 2. The predicted molar refractivity (Wildman–Crippen MR) is 220 cm³/mol. The minimum Gasteiger partial charge on any atom is -0.497 e. The molecule has 0 unspecified atom stereocenters. The number of rotatable bonds is 19. The first-order valence-electron chi connectivity index (χ1n) is 19.2. The highest BCUT2D eigenvalue weighted by molar-refractivity contribution is 6.16. The summed E-state index contributed by atoms with van der Waals surface area (Å²) >= 11 is 0. The number of H-pyrrole nitrogens is 1. The van der Waals surface area contributed by atoms with E-state index in [0.717, 1.165) is 34.9 Å². The van der Waals surface area contributed by atoms with Crippen LogP contribution in [0.3, 0.4) is 0 Å². The third-order valence-electron chi connectivity index (χ3n) is 10.3. The van der Waals surface area contributed by atoms with Crippen molar-refractivity contribution in [3.8, 4) is 17.2 Å². The number of hydrogen-bond donors (Lipinski definition) is 3. The smallest absolute Gasteiger partial charge is 0.356 e. The topological polar surface area (TPSA) is 167 Å². The number of ketones is 1. The number of hydrogen-bond acceptors (Lipinski definition) is 9. The summed E-state index contributed by atoms with van der Waals surface area (Å²) in [6.45, 7) is 16.8. The SMILES string of the molecule is CCC(C)(C)c1ccc(OCCCC(=O)Nc2ccc(OC)c(NC(=O)[C@@H](C(=O)c3ccc(OC)cc3)n3c(C(=O)OC(C)C)c[nH]c3=O)c2)c(C(C)(C)CC)c1. The molecule has 3 aromatic carbocycles. The van der Waals surface area contributed by atoms with Crippen LogP contribution < -0.4 is 30.5 Å². The van der Waals surface area contributed by atoms with Crippen molar-refractivity contribution in [3.63, 3.8) is 0 Å². The summed E-state index contributed by atoms with van der Waals surface area (Å²) in [5, 5.41) is 5.52. The lowest BCUT2D eigenvalue weighted by molar-refractivity contribution is -0.118. The minimum atomic E-state index is -1.85. The van der Waals surface area contributed by atoms with Gasteiger partial charge in [-0.15, -0.1) is 0 Å². The maximum absolute atomic E-state index is 14.1. The van der Waals surface area contributed by atoms with Gasteiger partial charge in [-0.1, -0.05) is 53.7 Å². The van der Waals surface area contributed by atoms with Crippen LogP contribution in [0.15, 0.2) is 71.7 Å². The summed E-state index contributed by atoms with van der Waals surface area (Å²) in [6.07, 6.45) is 3.09. The Morgan fingerprint density at radius 3 is 2.11 bits per heavy atom. The maximum atomic E-state index is 14.1. The zero-order valence-corrected chi connectivity index (χ0v) is 34.7. The number of nitrogens with one attached hydrogen (secondary N) is 3. The minimum absolute atomic E-state index is 0.0318. The van der Waals surface area contributed by atoms with E-state index in [1.54, 1.807) is 26.0 Å². The number of nitrogens with zero attached hydrogens (tertiary/aromatic N) is 1. The fraction of sp³-hybridized carbons (Fsp3) is 0.432. The summed E-state index contributed by atoms with van der Waals surface area (Å²) in [7, 11) is 2.86. The number of carbonyl (C=O) groups is 4. The monoisotopic (exact) mass is 784 g/mol. The Balaban J connectivity index is 1.53. The number of aromatic amines is 1. The van der Waals surface area contributed by atoms with Crippen molar-refractivity contribution in [1.29, 1.82) is 0 Å². The highest BCUT2D eigenvalue weighted by atomic mass is 16.5. The van der Waals surface area contributed by atoms with Crippen molar-refractivity contribution in [2.75, 3.05) is 31.5 Å². The zero-order chi connectivity index (χ0) is 42.1. The van der Waals surface area contributed by atoms with Crippen LogP contribution in [-0.2, 0) is 25.2 Å². The van der Waals surface area contributed by atoms with Gasteiger partial charge in [0.25, 0.3) is 5.91 Å². The lowest BCUT2D eigenvalue weighted by Gasteiger charge is -2.30. The Morgan fingerprint density at radius 2 is 1.49 bits per heavy atom. The zero-order valence-electron chi connectivity index (χ0n) is 34.7. The van der Waals surface area contributed by atoms with E-state index in [4.69, 9.17) is 18.9 Å². The summed E-state index contributed by atoms with van der Waals surface area (Å²) in [4.78, 5) is 69.9. The van der Waals surface area contributed by atoms with Crippen molar-refractivity contribution >= 4 is 34.9 Å². The number of Topliss-reactive ketones (excluding diaryl/α,β-unsaturated/α-hetero) is 1. The molecule has 0 spiro atoms. The van der Waals surface area contributed by atoms with Crippen LogP contribution in [0.1, 0.15) is 119 Å². The molecule has 1 heterocycles. The van der Waals surface area contributed by atoms with E-state index in [1.165, 1.54) is 50.1 Å². The summed E-state index contributed by atoms with van der Waals surface area (Å²) in [5.74, 6) is -1.44. The van der Waals surface area contributed by atoms with Crippen molar-refractivity contribution in [3.05, 3.63) is 99.7 Å². The first kappa shape index (κ1) is 43.9. The van der Waals surface area contributed by atoms with Gasteiger partial charge < -0.3 is 34.6 Å².